The lowest BCUT2D eigenvalue weighted by atomic mass is 10.1. The van der Waals surface area contributed by atoms with Crippen LogP contribution < -0.4 is 4.72 Å². The molecule has 0 fully saturated rings. The molecule has 0 saturated heterocycles. The van der Waals surface area contributed by atoms with Gasteiger partial charge in [0.2, 0.25) is 0 Å². The summed E-state index contributed by atoms with van der Waals surface area (Å²) in [7, 11) is -3.76. The SMILES string of the molecule is C/C(=N/O)c1ccccc1NS(=O)(=O)c1cc(Cl)c(Br)s1. The summed E-state index contributed by atoms with van der Waals surface area (Å²) >= 11 is 10.1. The molecule has 0 aliphatic carbocycles. The molecule has 0 spiro atoms. The summed E-state index contributed by atoms with van der Waals surface area (Å²) in [4.78, 5) is 0. The van der Waals surface area contributed by atoms with Crippen molar-refractivity contribution in [2.75, 3.05) is 4.72 Å². The third kappa shape index (κ3) is 3.57. The maximum Gasteiger partial charge on any atom is 0.271 e. The molecule has 1 aromatic heterocycles. The van der Waals surface area contributed by atoms with Gasteiger partial charge in [-0.15, -0.1) is 11.3 Å². The normalized spacial score (nSPS) is 12.4. The van der Waals surface area contributed by atoms with Crippen molar-refractivity contribution in [3.63, 3.8) is 0 Å². The standard InChI is InChI=1S/C12H10BrClN2O3S2/c1-7(15-17)8-4-2-3-5-10(8)16-21(18,19)11-6-9(14)12(13)20-11/h2-6,16-17H,1H3/b15-7-. The molecule has 5 nitrogen and oxygen atoms in total. The van der Waals surface area contributed by atoms with Crippen LogP contribution in [0.5, 0.6) is 0 Å². The molecule has 2 N–H and O–H groups in total. The van der Waals surface area contributed by atoms with E-state index < -0.39 is 10.0 Å². The summed E-state index contributed by atoms with van der Waals surface area (Å²) in [5.74, 6) is 0. The van der Waals surface area contributed by atoms with Gasteiger partial charge >= 0.3 is 0 Å². The number of nitrogens with one attached hydrogen (secondary N) is 1. The zero-order valence-electron chi connectivity index (χ0n) is 10.7. The predicted molar refractivity (Wildman–Crippen MR) is 88.3 cm³/mol. The highest BCUT2D eigenvalue weighted by Crippen LogP contribution is 2.35. The van der Waals surface area contributed by atoms with Crippen molar-refractivity contribution in [2.24, 2.45) is 5.16 Å². The Balaban J connectivity index is 2.42. The average Bonchev–Trinajstić information content (AvgIpc) is 2.79. The molecule has 21 heavy (non-hydrogen) atoms. The van der Waals surface area contributed by atoms with Gasteiger partial charge < -0.3 is 5.21 Å². The van der Waals surface area contributed by atoms with Crippen LogP contribution >= 0.6 is 38.9 Å². The first-order valence-electron chi connectivity index (χ1n) is 5.61. The second-order valence-corrected chi connectivity index (χ2v) is 8.71. The van der Waals surface area contributed by atoms with Crippen molar-refractivity contribution in [1.29, 1.82) is 0 Å². The summed E-state index contributed by atoms with van der Waals surface area (Å²) < 4.78 is 27.8. The topological polar surface area (TPSA) is 78.8 Å². The smallest absolute Gasteiger partial charge is 0.271 e. The number of nitrogens with zero attached hydrogens (tertiary/aromatic N) is 1. The molecule has 0 bridgehead atoms. The molecular weight excluding hydrogens is 400 g/mol. The van der Waals surface area contributed by atoms with Gasteiger partial charge in [-0.2, -0.15) is 0 Å². The quantitative estimate of drug-likeness (QED) is 0.452. The molecule has 2 rings (SSSR count). The van der Waals surface area contributed by atoms with E-state index in [2.05, 4.69) is 25.8 Å². The van der Waals surface area contributed by atoms with Gasteiger partial charge in [-0.25, -0.2) is 8.42 Å². The molecule has 0 unspecified atom stereocenters. The number of halogens is 2. The number of para-hydroxylation sites is 1. The number of sulfonamides is 1. The number of hydrogen-bond donors (Lipinski definition) is 2. The Morgan fingerprint density at radius 3 is 2.67 bits per heavy atom. The molecule has 0 radical (unpaired) electrons. The van der Waals surface area contributed by atoms with E-state index in [1.165, 1.54) is 6.07 Å². The van der Waals surface area contributed by atoms with Crippen LogP contribution in [0, 0.1) is 0 Å². The zero-order chi connectivity index (χ0) is 15.6. The van der Waals surface area contributed by atoms with Crippen LogP contribution in [0.3, 0.4) is 0 Å². The molecule has 112 valence electrons. The molecule has 0 amide bonds. The van der Waals surface area contributed by atoms with Crippen molar-refractivity contribution in [3.8, 4) is 0 Å². The summed E-state index contributed by atoms with van der Waals surface area (Å²) in [5, 5.41) is 12.3. The third-order valence-electron chi connectivity index (χ3n) is 2.60. The second-order valence-electron chi connectivity index (χ2n) is 4.02. The van der Waals surface area contributed by atoms with Crippen LogP contribution in [0.1, 0.15) is 12.5 Å². The fraction of sp³-hybridized carbons (Fsp3) is 0.0833. The van der Waals surface area contributed by atoms with E-state index in [0.717, 1.165) is 11.3 Å². The highest BCUT2D eigenvalue weighted by molar-refractivity contribution is 9.11. The van der Waals surface area contributed by atoms with Crippen molar-refractivity contribution >= 4 is 60.3 Å². The van der Waals surface area contributed by atoms with Crippen molar-refractivity contribution in [1.82, 2.24) is 0 Å². The largest absolute Gasteiger partial charge is 0.411 e. The Hall–Kier alpha value is -1.09. The van der Waals surface area contributed by atoms with Gasteiger partial charge in [-0.3, -0.25) is 4.72 Å². The van der Waals surface area contributed by atoms with Gasteiger partial charge in [-0.1, -0.05) is 35.0 Å². The second kappa shape index (κ2) is 6.35. The van der Waals surface area contributed by atoms with Gasteiger partial charge in [-0.05, 0) is 35.0 Å². The molecule has 0 saturated carbocycles. The molecule has 1 heterocycles. The van der Waals surface area contributed by atoms with Gasteiger partial charge in [0.15, 0.2) is 0 Å². The third-order valence-corrected chi connectivity index (χ3v) is 6.91. The summed E-state index contributed by atoms with van der Waals surface area (Å²) in [5.41, 5.74) is 1.12. The summed E-state index contributed by atoms with van der Waals surface area (Å²) in [6.07, 6.45) is 0. The van der Waals surface area contributed by atoms with E-state index >= 15 is 0 Å². The van der Waals surface area contributed by atoms with E-state index in [0.29, 0.717) is 25.8 Å². The maximum atomic E-state index is 12.3. The highest BCUT2D eigenvalue weighted by Gasteiger charge is 2.20. The lowest BCUT2D eigenvalue weighted by Gasteiger charge is -2.10. The van der Waals surface area contributed by atoms with Crippen LogP contribution in [0.2, 0.25) is 5.02 Å². The average molecular weight is 410 g/mol. The number of benzene rings is 1. The monoisotopic (exact) mass is 408 g/mol. The lowest BCUT2D eigenvalue weighted by Crippen LogP contribution is -2.14. The Labute approximate surface area is 139 Å². The summed E-state index contributed by atoms with van der Waals surface area (Å²) in [6.45, 7) is 1.58. The number of rotatable bonds is 4. The fourth-order valence-corrected chi connectivity index (χ4v) is 5.07. The van der Waals surface area contributed by atoms with Gasteiger partial charge in [0.05, 0.1) is 20.2 Å². The Bertz CT molecular complexity index is 783. The maximum absolute atomic E-state index is 12.3. The summed E-state index contributed by atoms with van der Waals surface area (Å²) in [6, 6.07) is 8.02. The van der Waals surface area contributed by atoms with Gasteiger partial charge in [0.1, 0.15) is 4.21 Å². The number of anilines is 1. The molecule has 2 aromatic rings. The fourth-order valence-electron chi connectivity index (χ4n) is 1.60. The molecule has 9 heteroatoms. The first-order chi connectivity index (χ1) is 9.85. The Morgan fingerprint density at radius 1 is 1.43 bits per heavy atom. The van der Waals surface area contributed by atoms with E-state index in [1.54, 1.807) is 31.2 Å². The number of thiophene rings is 1. The molecule has 1 aromatic carbocycles. The van der Waals surface area contributed by atoms with Gasteiger partial charge in [0.25, 0.3) is 10.0 Å². The van der Waals surface area contributed by atoms with E-state index in [4.69, 9.17) is 16.8 Å². The minimum absolute atomic E-state index is 0.0905. The molecular formula is C12H10BrClN2O3S2. The first kappa shape index (κ1) is 16.3. The van der Waals surface area contributed by atoms with E-state index in [9.17, 15) is 8.42 Å². The van der Waals surface area contributed by atoms with Crippen molar-refractivity contribution < 1.29 is 13.6 Å². The molecule has 0 aliphatic heterocycles. The molecule has 0 atom stereocenters. The minimum atomic E-state index is -3.76. The lowest BCUT2D eigenvalue weighted by molar-refractivity contribution is 0.319. The van der Waals surface area contributed by atoms with E-state index in [1.807, 2.05) is 0 Å². The van der Waals surface area contributed by atoms with E-state index in [-0.39, 0.29) is 4.21 Å². The number of oxime groups is 1. The first-order valence-corrected chi connectivity index (χ1v) is 9.08. The Kier molecular flexibility index (Phi) is 4.92. The van der Waals surface area contributed by atoms with Crippen LogP contribution in [0.15, 0.2) is 43.5 Å². The number of hydrogen-bond acceptors (Lipinski definition) is 5. The zero-order valence-corrected chi connectivity index (χ0v) is 14.6. The van der Waals surface area contributed by atoms with Crippen LogP contribution in [-0.4, -0.2) is 19.3 Å². The van der Waals surface area contributed by atoms with Crippen LogP contribution in [0.4, 0.5) is 5.69 Å². The van der Waals surface area contributed by atoms with Gasteiger partial charge in [0, 0.05) is 5.56 Å². The highest BCUT2D eigenvalue weighted by atomic mass is 79.9. The predicted octanol–water partition coefficient (Wildman–Crippen LogP) is 4.16. The van der Waals surface area contributed by atoms with Crippen molar-refractivity contribution in [2.45, 2.75) is 11.1 Å². The Morgan fingerprint density at radius 2 is 2.10 bits per heavy atom. The minimum Gasteiger partial charge on any atom is -0.411 e. The van der Waals surface area contributed by atoms with Crippen molar-refractivity contribution in [3.05, 3.63) is 44.7 Å². The molecule has 0 aliphatic rings. The van der Waals surface area contributed by atoms with Crippen LogP contribution in [0.25, 0.3) is 0 Å². The van der Waals surface area contributed by atoms with Crippen LogP contribution in [-0.2, 0) is 10.0 Å².